The molecule has 0 radical (unpaired) electrons. The molecule has 0 aliphatic carbocycles. The second kappa shape index (κ2) is 11.0. The summed E-state index contributed by atoms with van der Waals surface area (Å²) in [6, 6.07) is 10.6. The number of nitrogens with two attached hydrogens (primary N) is 1. The van der Waals surface area contributed by atoms with Crippen molar-refractivity contribution in [2.75, 3.05) is 20.3 Å². The molecule has 0 unspecified atom stereocenters. The number of ether oxygens (including phenoxy) is 3. The number of aryl methyl sites for hydroxylation is 1. The van der Waals surface area contributed by atoms with Gasteiger partial charge in [0.1, 0.15) is 5.75 Å². The summed E-state index contributed by atoms with van der Waals surface area (Å²) < 4.78 is 16.8. The standard InChI is InChI=1S/C20H24ClN3O4/c1-3-14-5-7-16(8-6-14)27-9-4-10-28-19-17(21)11-15(12-18(19)26-2)13-23-24-20(22)25/h5-8,11-13H,3-4,9-10H2,1-2H3,(H3,22,24,25)/b23-13-. The van der Waals surface area contributed by atoms with Gasteiger partial charge < -0.3 is 19.9 Å². The van der Waals surface area contributed by atoms with Gasteiger partial charge in [0.2, 0.25) is 0 Å². The molecule has 150 valence electrons. The number of hydrogen-bond donors (Lipinski definition) is 2. The highest BCUT2D eigenvalue weighted by Crippen LogP contribution is 2.36. The van der Waals surface area contributed by atoms with Crippen molar-refractivity contribution in [3.05, 3.63) is 52.5 Å². The number of hydrogen-bond acceptors (Lipinski definition) is 5. The van der Waals surface area contributed by atoms with Crippen LogP contribution in [0.4, 0.5) is 4.79 Å². The molecule has 0 heterocycles. The molecule has 2 aromatic carbocycles. The normalized spacial score (nSPS) is 10.7. The van der Waals surface area contributed by atoms with E-state index in [2.05, 4.69) is 29.6 Å². The molecular weight excluding hydrogens is 382 g/mol. The van der Waals surface area contributed by atoms with Crippen LogP contribution in [-0.2, 0) is 6.42 Å². The second-order valence-electron chi connectivity index (χ2n) is 5.82. The van der Waals surface area contributed by atoms with Crippen LogP contribution in [-0.4, -0.2) is 32.6 Å². The Morgan fingerprint density at radius 3 is 2.57 bits per heavy atom. The third-order valence-electron chi connectivity index (χ3n) is 3.78. The van der Waals surface area contributed by atoms with Crippen LogP contribution < -0.4 is 25.4 Å². The van der Waals surface area contributed by atoms with Gasteiger partial charge in [-0.2, -0.15) is 5.10 Å². The number of nitrogens with zero attached hydrogens (tertiary/aromatic N) is 1. The van der Waals surface area contributed by atoms with E-state index in [9.17, 15) is 4.79 Å². The molecule has 0 saturated heterocycles. The summed E-state index contributed by atoms with van der Waals surface area (Å²) in [6.07, 6.45) is 3.09. The van der Waals surface area contributed by atoms with E-state index in [0.29, 0.717) is 41.7 Å². The summed E-state index contributed by atoms with van der Waals surface area (Å²) in [7, 11) is 1.52. The summed E-state index contributed by atoms with van der Waals surface area (Å²) in [5.41, 5.74) is 8.97. The molecule has 0 bridgehead atoms. The van der Waals surface area contributed by atoms with Crippen LogP contribution in [0.5, 0.6) is 17.2 Å². The predicted molar refractivity (Wildman–Crippen MR) is 110 cm³/mol. The SMILES string of the molecule is CCc1ccc(OCCCOc2c(Cl)cc(/C=N\NC(N)=O)cc2OC)cc1. The van der Waals surface area contributed by atoms with Crippen molar-refractivity contribution in [2.45, 2.75) is 19.8 Å². The second-order valence-corrected chi connectivity index (χ2v) is 6.22. The first-order valence-corrected chi connectivity index (χ1v) is 9.21. The molecule has 3 N–H and O–H groups in total. The van der Waals surface area contributed by atoms with Crippen LogP contribution in [0.1, 0.15) is 24.5 Å². The number of benzene rings is 2. The van der Waals surface area contributed by atoms with E-state index in [1.54, 1.807) is 12.1 Å². The molecule has 2 aromatic rings. The van der Waals surface area contributed by atoms with Gasteiger partial charge in [0.05, 0.1) is 31.6 Å². The van der Waals surface area contributed by atoms with E-state index >= 15 is 0 Å². The number of hydrazone groups is 1. The Morgan fingerprint density at radius 1 is 1.21 bits per heavy atom. The first-order chi connectivity index (χ1) is 13.5. The van der Waals surface area contributed by atoms with E-state index in [1.807, 2.05) is 12.1 Å². The molecule has 0 fully saturated rings. The smallest absolute Gasteiger partial charge is 0.332 e. The highest BCUT2D eigenvalue weighted by atomic mass is 35.5. The molecule has 0 aromatic heterocycles. The van der Waals surface area contributed by atoms with Gasteiger partial charge in [-0.25, -0.2) is 10.2 Å². The molecule has 2 rings (SSSR count). The van der Waals surface area contributed by atoms with Gasteiger partial charge in [-0.15, -0.1) is 0 Å². The van der Waals surface area contributed by atoms with Gasteiger partial charge in [-0.05, 0) is 41.8 Å². The number of carbonyl (C=O) groups excluding carboxylic acids is 1. The quantitative estimate of drug-likeness (QED) is 0.357. The van der Waals surface area contributed by atoms with Crippen molar-refractivity contribution in [2.24, 2.45) is 10.8 Å². The molecule has 0 spiro atoms. The molecule has 0 atom stereocenters. The van der Waals surface area contributed by atoms with E-state index < -0.39 is 6.03 Å². The Morgan fingerprint density at radius 2 is 1.93 bits per heavy atom. The lowest BCUT2D eigenvalue weighted by Gasteiger charge is -2.13. The van der Waals surface area contributed by atoms with Gasteiger partial charge in [0.25, 0.3) is 0 Å². The van der Waals surface area contributed by atoms with Gasteiger partial charge in [-0.1, -0.05) is 30.7 Å². The molecule has 0 saturated carbocycles. The monoisotopic (exact) mass is 405 g/mol. The number of primary amides is 1. The van der Waals surface area contributed by atoms with Crippen molar-refractivity contribution in [3.8, 4) is 17.2 Å². The van der Waals surface area contributed by atoms with E-state index in [-0.39, 0.29) is 0 Å². The Hall–Kier alpha value is -2.93. The maximum absolute atomic E-state index is 10.6. The largest absolute Gasteiger partial charge is 0.493 e. The first-order valence-electron chi connectivity index (χ1n) is 8.84. The van der Waals surface area contributed by atoms with Crippen LogP contribution in [0.15, 0.2) is 41.5 Å². The molecule has 28 heavy (non-hydrogen) atoms. The lowest BCUT2D eigenvalue weighted by atomic mass is 10.2. The van der Waals surface area contributed by atoms with Crippen LogP contribution in [0.25, 0.3) is 0 Å². The lowest BCUT2D eigenvalue weighted by Crippen LogP contribution is -2.24. The van der Waals surface area contributed by atoms with E-state index in [4.69, 9.17) is 31.5 Å². The summed E-state index contributed by atoms with van der Waals surface area (Å²) in [4.78, 5) is 10.6. The topological polar surface area (TPSA) is 95.2 Å². The van der Waals surface area contributed by atoms with Gasteiger partial charge in [-0.3, -0.25) is 0 Å². The zero-order valence-electron chi connectivity index (χ0n) is 15.9. The van der Waals surface area contributed by atoms with Gasteiger partial charge >= 0.3 is 6.03 Å². The number of amides is 2. The van der Waals surface area contributed by atoms with Gasteiger partial charge in [0.15, 0.2) is 11.5 Å². The molecule has 0 aliphatic heterocycles. The number of halogens is 1. The Kier molecular flexibility index (Phi) is 8.42. The zero-order chi connectivity index (χ0) is 20.4. The number of urea groups is 1. The highest BCUT2D eigenvalue weighted by Gasteiger charge is 2.11. The highest BCUT2D eigenvalue weighted by molar-refractivity contribution is 6.32. The van der Waals surface area contributed by atoms with Crippen molar-refractivity contribution in [3.63, 3.8) is 0 Å². The maximum atomic E-state index is 10.6. The van der Waals surface area contributed by atoms with Crippen LogP contribution in [0.3, 0.4) is 0 Å². The summed E-state index contributed by atoms with van der Waals surface area (Å²) in [5, 5.41) is 4.06. The molecule has 7 nitrogen and oxygen atoms in total. The van der Waals surface area contributed by atoms with E-state index in [0.717, 1.165) is 12.2 Å². The van der Waals surface area contributed by atoms with E-state index in [1.165, 1.54) is 18.9 Å². The Balaban J connectivity index is 1.86. The summed E-state index contributed by atoms with van der Waals surface area (Å²) in [5.74, 6) is 1.74. The first kappa shape index (κ1) is 21.4. The zero-order valence-corrected chi connectivity index (χ0v) is 16.7. The third kappa shape index (κ3) is 6.66. The fourth-order valence-corrected chi connectivity index (χ4v) is 2.64. The summed E-state index contributed by atoms with van der Waals surface area (Å²) in [6.45, 7) is 3.05. The number of carbonyl (C=O) groups is 1. The van der Waals surface area contributed by atoms with Crippen molar-refractivity contribution in [1.29, 1.82) is 0 Å². The average molecular weight is 406 g/mol. The fraction of sp³-hybridized carbons (Fsp3) is 0.300. The molecule has 2 amide bonds. The minimum absolute atomic E-state index is 0.371. The number of rotatable bonds is 10. The summed E-state index contributed by atoms with van der Waals surface area (Å²) >= 11 is 6.28. The van der Waals surface area contributed by atoms with Gasteiger partial charge in [0, 0.05) is 6.42 Å². The van der Waals surface area contributed by atoms with Crippen molar-refractivity contribution < 1.29 is 19.0 Å². The molecule has 8 heteroatoms. The van der Waals surface area contributed by atoms with Crippen molar-refractivity contribution >= 4 is 23.8 Å². The Labute approximate surface area is 169 Å². The minimum Gasteiger partial charge on any atom is -0.493 e. The Bertz CT molecular complexity index is 810. The number of methoxy groups -OCH3 is 1. The van der Waals surface area contributed by atoms with Crippen LogP contribution in [0, 0.1) is 0 Å². The van der Waals surface area contributed by atoms with Crippen LogP contribution in [0.2, 0.25) is 5.02 Å². The molecule has 0 aliphatic rings. The molecular formula is C20H24ClN3O4. The lowest BCUT2D eigenvalue weighted by molar-refractivity contribution is 0.240. The minimum atomic E-state index is -0.752. The third-order valence-corrected chi connectivity index (χ3v) is 4.06. The number of nitrogens with one attached hydrogen (secondary N) is 1. The van der Waals surface area contributed by atoms with Crippen LogP contribution >= 0.6 is 11.6 Å². The van der Waals surface area contributed by atoms with Crippen molar-refractivity contribution in [1.82, 2.24) is 5.43 Å². The maximum Gasteiger partial charge on any atom is 0.332 e. The predicted octanol–water partition coefficient (Wildman–Crippen LogP) is 3.76. The fourth-order valence-electron chi connectivity index (χ4n) is 2.37. The average Bonchev–Trinajstić information content (AvgIpc) is 2.69.